The summed E-state index contributed by atoms with van der Waals surface area (Å²) >= 11 is 0. The second-order valence-electron chi connectivity index (χ2n) is 4.60. The van der Waals surface area contributed by atoms with Gasteiger partial charge in [0.15, 0.2) is 0 Å². The molecule has 0 amide bonds. The van der Waals surface area contributed by atoms with Gasteiger partial charge in [0.2, 0.25) is 15.8 Å². The Morgan fingerprint density at radius 2 is 1.90 bits per heavy atom. The van der Waals surface area contributed by atoms with E-state index in [1.54, 1.807) is 0 Å². The van der Waals surface area contributed by atoms with Crippen LogP contribution >= 0.6 is 0 Å². The van der Waals surface area contributed by atoms with Crippen molar-refractivity contribution in [1.29, 1.82) is 0 Å². The standard InChI is InChI=1S/C11H14F2N2O5S/c1-6(3-7(2)16)14-21(19,20)11-5-10(15(17)18)8(12)4-9(11)13/h4-7,14,16H,3H2,1-2H3. The third-order valence-corrected chi connectivity index (χ3v) is 4.14. The zero-order chi connectivity index (χ0) is 16.4. The minimum atomic E-state index is -4.42. The number of rotatable bonds is 6. The minimum absolute atomic E-state index is 0.0597. The highest BCUT2D eigenvalue weighted by Crippen LogP contribution is 2.25. The van der Waals surface area contributed by atoms with Gasteiger partial charge in [0.1, 0.15) is 10.7 Å². The van der Waals surface area contributed by atoms with E-state index in [2.05, 4.69) is 4.72 Å². The van der Waals surface area contributed by atoms with Crippen molar-refractivity contribution < 1.29 is 27.2 Å². The van der Waals surface area contributed by atoms with E-state index in [1.807, 2.05) is 0 Å². The summed E-state index contributed by atoms with van der Waals surface area (Å²) in [7, 11) is -4.42. The highest BCUT2D eigenvalue weighted by atomic mass is 32.2. The predicted molar refractivity (Wildman–Crippen MR) is 69.1 cm³/mol. The van der Waals surface area contributed by atoms with Crippen molar-refractivity contribution in [1.82, 2.24) is 4.72 Å². The lowest BCUT2D eigenvalue weighted by Gasteiger charge is -2.15. The molecule has 10 heteroatoms. The molecule has 118 valence electrons. The number of nitrogens with one attached hydrogen (secondary N) is 1. The first-order chi connectivity index (χ1) is 9.54. The number of nitro benzene ring substituents is 1. The van der Waals surface area contributed by atoms with Crippen LogP contribution in [0.4, 0.5) is 14.5 Å². The SMILES string of the molecule is CC(O)CC(C)NS(=O)(=O)c1cc([N+](=O)[O-])c(F)cc1F. The van der Waals surface area contributed by atoms with Crippen LogP contribution < -0.4 is 4.72 Å². The van der Waals surface area contributed by atoms with E-state index in [4.69, 9.17) is 5.11 Å². The van der Waals surface area contributed by atoms with Gasteiger partial charge in [-0.1, -0.05) is 0 Å². The van der Waals surface area contributed by atoms with Crippen molar-refractivity contribution in [3.8, 4) is 0 Å². The highest BCUT2D eigenvalue weighted by Gasteiger charge is 2.27. The molecule has 0 aromatic heterocycles. The van der Waals surface area contributed by atoms with Crippen LogP contribution in [0.3, 0.4) is 0 Å². The molecule has 0 heterocycles. The number of nitrogens with zero attached hydrogens (tertiary/aromatic N) is 1. The number of hydrogen-bond donors (Lipinski definition) is 2. The van der Waals surface area contributed by atoms with Crippen LogP contribution in [-0.2, 0) is 10.0 Å². The van der Waals surface area contributed by atoms with E-state index >= 15 is 0 Å². The Bertz CT molecular complexity index is 648. The molecule has 1 aromatic rings. The molecule has 0 spiro atoms. The smallest absolute Gasteiger partial charge is 0.306 e. The molecule has 0 aliphatic rings. The molecule has 2 unspecified atom stereocenters. The van der Waals surface area contributed by atoms with Crippen LogP contribution in [0.15, 0.2) is 17.0 Å². The summed E-state index contributed by atoms with van der Waals surface area (Å²) in [4.78, 5) is 8.41. The van der Waals surface area contributed by atoms with Crippen LogP contribution in [0, 0.1) is 21.7 Å². The van der Waals surface area contributed by atoms with Crippen LogP contribution in [0.1, 0.15) is 20.3 Å². The molecule has 0 aliphatic carbocycles. The zero-order valence-corrected chi connectivity index (χ0v) is 12.0. The second-order valence-corrected chi connectivity index (χ2v) is 6.28. The third-order valence-electron chi connectivity index (χ3n) is 2.54. The Morgan fingerprint density at radius 3 is 2.38 bits per heavy atom. The molecule has 1 rings (SSSR count). The molecule has 0 bridgehead atoms. The van der Waals surface area contributed by atoms with Gasteiger partial charge in [-0.05, 0) is 20.3 Å². The van der Waals surface area contributed by atoms with Gasteiger partial charge < -0.3 is 5.11 Å². The van der Waals surface area contributed by atoms with Gasteiger partial charge in [0.05, 0.1) is 11.0 Å². The number of aliphatic hydroxyl groups excluding tert-OH is 1. The highest BCUT2D eigenvalue weighted by molar-refractivity contribution is 7.89. The molecular formula is C11H14F2N2O5S. The number of benzene rings is 1. The number of hydrogen-bond acceptors (Lipinski definition) is 5. The summed E-state index contributed by atoms with van der Waals surface area (Å²) in [6, 6.07) is -0.271. The lowest BCUT2D eigenvalue weighted by molar-refractivity contribution is -0.387. The van der Waals surface area contributed by atoms with Crippen LogP contribution in [0.5, 0.6) is 0 Å². The van der Waals surface area contributed by atoms with Gasteiger partial charge >= 0.3 is 5.69 Å². The summed E-state index contributed by atoms with van der Waals surface area (Å²) < 4.78 is 52.7. The number of aliphatic hydroxyl groups is 1. The van der Waals surface area contributed by atoms with Gasteiger partial charge in [0, 0.05) is 18.2 Å². The first-order valence-electron chi connectivity index (χ1n) is 5.88. The van der Waals surface area contributed by atoms with E-state index in [-0.39, 0.29) is 12.5 Å². The van der Waals surface area contributed by atoms with Gasteiger partial charge in [0.25, 0.3) is 0 Å². The van der Waals surface area contributed by atoms with Crippen molar-refractivity contribution in [2.75, 3.05) is 0 Å². The van der Waals surface area contributed by atoms with Crippen LogP contribution in [0.2, 0.25) is 0 Å². The number of sulfonamides is 1. The summed E-state index contributed by atoms with van der Waals surface area (Å²) in [5.41, 5.74) is -1.14. The van der Waals surface area contributed by atoms with Gasteiger partial charge in [-0.25, -0.2) is 17.5 Å². The van der Waals surface area contributed by atoms with Gasteiger partial charge in [-0.3, -0.25) is 10.1 Å². The zero-order valence-electron chi connectivity index (χ0n) is 11.2. The Kier molecular flexibility index (Phi) is 5.31. The molecule has 0 aliphatic heterocycles. The minimum Gasteiger partial charge on any atom is -0.393 e. The average molecular weight is 324 g/mol. The normalized spacial score (nSPS) is 14.7. The lowest BCUT2D eigenvalue weighted by Crippen LogP contribution is -2.35. The Balaban J connectivity index is 3.19. The number of halogens is 2. The van der Waals surface area contributed by atoms with E-state index in [0.29, 0.717) is 6.07 Å². The summed E-state index contributed by atoms with van der Waals surface area (Å²) in [6.45, 7) is 2.87. The number of nitro groups is 1. The lowest BCUT2D eigenvalue weighted by atomic mass is 10.2. The van der Waals surface area contributed by atoms with E-state index < -0.39 is 49.3 Å². The molecule has 2 N–H and O–H groups in total. The fourth-order valence-corrected chi connectivity index (χ4v) is 3.09. The Labute approximate surface area is 119 Å². The molecule has 0 saturated heterocycles. The third kappa shape index (κ3) is 4.41. The maximum atomic E-state index is 13.6. The topological polar surface area (TPSA) is 110 Å². The molecule has 0 fully saturated rings. The van der Waals surface area contributed by atoms with Gasteiger partial charge in [-0.2, -0.15) is 4.39 Å². The molecule has 0 saturated carbocycles. The van der Waals surface area contributed by atoms with Crippen molar-refractivity contribution in [2.24, 2.45) is 0 Å². The van der Waals surface area contributed by atoms with Crippen molar-refractivity contribution in [3.05, 3.63) is 33.9 Å². The van der Waals surface area contributed by atoms with Crippen molar-refractivity contribution in [2.45, 2.75) is 37.3 Å². The van der Waals surface area contributed by atoms with E-state index in [1.165, 1.54) is 13.8 Å². The van der Waals surface area contributed by atoms with Crippen LogP contribution in [0.25, 0.3) is 0 Å². The van der Waals surface area contributed by atoms with Crippen molar-refractivity contribution >= 4 is 15.7 Å². The summed E-state index contributed by atoms with van der Waals surface area (Å²) in [5, 5.41) is 19.7. The maximum Gasteiger partial charge on any atom is 0.306 e. The predicted octanol–water partition coefficient (Wildman–Crippen LogP) is 1.31. The molecule has 0 radical (unpaired) electrons. The molecule has 21 heavy (non-hydrogen) atoms. The fraction of sp³-hybridized carbons (Fsp3) is 0.455. The van der Waals surface area contributed by atoms with Gasteiger partial charge in [-0.15, -0.1) is 0 Å². The first kappa shape index (κ1) is 17.4. The molecule has 7 nitrogen and oxygen atoms in total. The van der Waals surface area contributed by atoms with E-state index in [0.717, 1.165) is 0 Å². The molecule has 1 aromatic carbocycles. The largest absolute Gasteiger partial charge is 0.393 e. The maximum absolute atomic E-state index is 13.6. The Morgan fingerprint density at radius 1 is 1.33 bits per heavy atom. The van der Waals surface area contributed by atoms with Crippen LogP contribution in [-0.4, -0.2) is 30.6 Å². The summed E-state index contributed by atoms with van der Waals surface area (Å²) in [5.74, 6) is -2.90. The van der Waals surface area contributed by atoms with Crippen molar-refractivity contribution in [3.63, 3.8) is 0 Å². The monoisotopic (exact) mass is 324 g/mol. The summed E-state index contributed by atoms with van der Waals surface area (Å²) in [6.07, 6.45) is -0.737. The first-order valence-corrected chi connectivity index (χ1v) is 7.36. The molecular weight excluding hydrogens is 310 g/mol. The fourth-order valence-electron chi connectivity index (χ4n) is 1.75. The second kappa shape index (κ2) is 6.41. The average Bonchev–Trinajstić information content (AvgIpc) is 2.25. The van der Waals surface area contributed by atoms with E-state index in [9.17, 15) is 27.3 Å². The Hall–Kier alpha value is -1.65. The molecule has 2 atom stereocenters. The quantitative estimate of drug-likeness (QED) is 0.605.